The van der Waals surface area contributed by atoms with E-state index in [-0.39, 0.29) is 6.04 Å². The third-order valence-corrected chi connectivity index (χ3v) is 4.17. The molecule has 1 N–H and O–H groups in total. The zero-order valence-corrected chi connectivity index (χ0v) is 13.8. The fourth-order valence-corrected chi connectivity index (χ4v) is 3.02. The van der Waals surface area contributed by atoms with Crippen LogP contribution in [0.15, 0.2) is 53.1 Å². The molecule has 3 rings (SSSR count). The van der Waals surface area contributed by atoms with Crippen LogP contribution in [0.5, 0.6) is 0 Å². The Hall–Kier alpha value is -1.65. The van der Waals surface area contributed by atoms with Crippen molar-refractivity contribution in [1.29, 1.82) is 0 Å². The van der Waals surface area contributed by atoms with Crippen molar-refractivity contribution in [2.45, 2.75) is 19.9 Å². The summed E-state index contributed by atoms with van der Waals surface area (Å²) in [6, 6.07) is 14.9. The van der Waals surface area contributed by atoms with Crippen molar-refractivity contribution in [1.82, 2.24) is 15.1 Å². The van der Waals surface area contributed by atoms with Gasteiger partial charge in [0, 0.05) is 15.9 Å². The molecule has 108 valence electrons. The fourth-order valence-electron chi connectivity index (χ4n) is 2.64. The maximum absolute atomic E-state index is 4.57. The van der Waals surface area contributed by atoms with Crippen LogP contribution in [-0.2, 0) is 0 Å². The number of benzene rings is 2. The van der Waals surface area contributed by atoms with E-state index in [1.54, 1.807) is 0 Å². The molecule has 0 amide bonds. The highest BCUT2D eigenvalue weighted by molar-refractivity contribution is 9.10. The average Bonchev–Trinajstić information content (AvgIpc) is 2.91. The Morgan fingerprint density at radius 2 is 2.05 bits per heavy atom. The summed E-state index contributed by atoms with van der Waals surface area (Å²) < 4.78 is 3.10. The number of nitrogens with one attached hydrogen (secondary N) is 1. The van der Waals surface area contributed by atoms with Crippen LogP contribution in [0.2, 0.25) is 0 Å². The molecular weight excluding hydrogens is 326 g/mol. The summed E-state index contributed by atoms with van der Waals surface area (Å²) in [5, 5.41) is 9.20. The van der Waals surface area contributed by atoms with E-state index in [4.69, 9.17) is 0 Å². The van der Waals surface area contributed by atoms with Gasteiger partial charge in [-0.3, -0.25) is 0 Å². The number of hydrogen-bond acceptors (Lipinski definition) is 2. The minimum atomic E-state index is 0.269. The topological polar surface area (TPSA) is 29.9 Å². The van der Waals surface area contributed by atoms with E-state index < -0.39 is 0 Å². The third-order valence-electron chi connectivity index (χ3n) is 3.67. The van der Waals surface area contributed by atoms with Crippen molar-refractivity contribution in [2.75, 3.05) is 6.54 Å². The minimum Gasteiger partial charge on any atom is -0.310 e. The lowest BCUT2D eigenvalue weighted by molar-refractivity contribution is 0.593. The Bertz CT molecular complexity index is 764. The zero-order chi connectivity index (χ0) is 14.8. The normalized spacial score (nSPS) is 12.7. The summed E-state index contributed by atoms with van der Waals surface area (Å²) in [4.78, 5) is 0. The summed E-state index contributed by atoms with van der Waals surface area (Å²) >= 11 is 3.57. The minimum absolute atomic E-state index is 0.269. The molecule has 0 aliphatic carbocycles. The van der Waals surface area contributed by atoms with Gasteiger partial charge in [-0.25, -0.2) is 4.68 Å². The van der Waals surface area contributed by atoms with Crippen LogP contribution in [0.4, 0.5) is 0 Å². The Balaban J connectivity index is 2.17. The number of fused-ring (bicyclic) bond motifs is 1. The lowest BCUT2D eigenvalue weighted by atomic mass is 10.1. The standard InChI is InChI=1S/C17H18BrN3/c1-3-19-12(2)15-10-14(18)8-9-17(15)21-16-7-5-4-6-13(16)11-20-21/h4-12,19H,3H2,1-2H3. The second-order valence-corrected chi connectivity index (χ2v) is 6.01. The molecular formula is C17H18BrN3. The molecule has 1 heterocycles. The average molecular weight is 344 g/mol. The van der Waals surface area contributed by atoms with E-state index in [9.17, 15) is 0 Å². The first-order chi connectivity index (χ1) is 10.2. The van der Waals surface area contributed by atoms with E-state index in [2.05, 4.69) is 70.5 Å². The van der Waals surface area contributed by atoms with Crippen LogP contribution in [0.3, 0.4) is 0 Å². The van der Waals surface area contributed by atoms with Gasteiger partial charge in [0.05, 0.1) is 17.4 Å². The van der Waals surface area contributed by atoms with Crippen LogP contribution in [0.25, 0.3) is 16.6 Å². The first kappa shape index (κ1) is 14.3. The summed E-state index contributed by atoms with van der Waals surface area (Å²) in [6.45, 7) is 5.24. The lowest BCUT2D eigenvalue weighted by Crippen LogP contribution is -2.19. The highest BCUT2D eigenvalue weighted by Gasteiger charge is 2.14. The first-order valence-electron chi connectivity index (χ1n) is 7.16. The van der Waals surface area contributed by atoms with Crippen molar-refractivity contribution in [3.05, 3.63) is 58.7 Å². The van der Waals surface area contributed by atoms with Gasteiger partial charge in [0.25, 0.3) is 0 Å². The van der Waals surface area contributed by atoms with E-state index in [0.717, 1.165) is 27.6 Å². The predicted octanol–water partition coefficient (Wildman–Crippen LogP) is 4.46. The summed E-state index contributed by atoms with van der Waals surface area (Å²) in [5.74, 6) is 0. The van der Waals surface area contributed by atoms with Crippen molar-refractivity contribution >= 4 is 26.8 Å². The van der Waals surface area contributed by atoms with Crippen LogP contribution in [0.1, 0.15) is 25.5 Å². The molecule has 1 unspecified atom stereocenters. The predicted molar refractivity (Wildman–Crippen MR) is 90.9 cm³/mol. The van der Waals surface area contributed by atoms with E-state index in [1.165, 1.54) is 5.56 Å². The first-order valence-corrected chi connectivity index (χ1v) is 7.96. The van der Waals surface area contributed by atoms with Gasteiger partial charge in [-0.2, -0.15) is 5.10 Å². The third kappa shape index (κ3) is 2.74. The molecule has 0 fully saturated rings. The molecule has 3 aromatic rings. The highest BCUT2D eigenvalue weighted by Crippen LogP contribution is 2.27. The van der Waals surface area contributed by atoms with Crippen LogP contribution in [0, 0.1) is 0 Å². The Morgan fingerprint density at radius 3 is 2.86 bits per heavy atom. The monoisotopic (exact) mass is 343 g/mol. The molecule has 21 heavy (non-hydrogen) atoms. The van der Waals surface area contributed by atoms with Gasteiger partial charge in [0.1, 0.15) is 0 Å². The van der Waals surface area contributed by atoms with Gasteiger partial charge in [0.15, 0.2) is 0 Å². The number of hydrogen-bond donors (Lipinski definition) is 1. The maximum atomic E-state index is 4.57. The molecule has 0 spiro atoms. The number of halogens is 1. The SMILES string of the molecule is CCNC(C)c1cc(Br)ccc1-n1ncc2ccccc21. The van der Waals surface area contributed by atoms with Crippen molar-refractivity contribution < 1.29 is 0 Å². The molecule has 1 atom stereocenters. The summed E-state index contributed by atoms with van der Waals surface area (Å²) in [7, 11) is 0. The Kier molecular flexibility index (Phi) is 4.08. The highest BCUT2D eigenvalue weighted by atomic mass is 79.9. The van der Waals surface area contributed by atoms with E-state index >= 15 is 0 Å². The number of aromatic nitrogens is 2. The summed E-state index contributed by atoms with van der Waals surface area (Å²) in [5.41, 5.74) is 3.48. The largest absolute Gasteiger partial charge is 0.310 e. The molecule has 0 aliphatic rings. The Morgan fingerprint density at radius 1 is 1.24 bits per heavy atom. The molecule has 0 saturated carbocycles. The molecule has 3 nitrogen and oxygen atoms in total. The number of rotatable bonds is 4. The smallest absolute Gasteiger partial charge is 0.0741 e. The second-order valence-electron chi connectivity index (χ2n) is 5.10. The summed E-state index contributed by atoms with van der Waals surface area (Å²) in [6.07, 6.45) is 1.92. The molecule has 1 aromatic heterocycles. The molecule has 4 heteroatoms. The fraction of sp³-hybridized carbons (Fsp3) is 0.235. The van der Waals surface area contributed by atoms with Gasteiger partial charge in [0.2, 0.25) is 0 Å². The maximum Gasteiger partial charge on any atom is 0.0741 e. The van der Waals surface area contributed by atoms with Crippen LogP contribution >= 0.6 is 15.9 Å². The van der Waals surface area contributed by atoms with Crippen molar-refractivity contribution in [3.8, 4) is 5.69 Å². The van der Waals surface area contributed by atoms with Gasteiger partial charge in [-0.1, -0.05) is 41.1 Å². The molecule has 2 aromatic carbocycles. The van der Waals surface area contributed by atoms with Crippen molar-refractivity contribution in [2.24, 2.45) is 0 Å². The van der Waals surface area contributed by atoms with Gasteiger partial charge in [-0.05, 0) is 43.3 Å². The molecule has 0 aliphatic heterocycles. The van der Waals surface area contributed by atoms with Crippen LogP contribution in [-0.4, -0.2) is 16.3 Å². The zero-order valence-electron chi connectivity index (χ0n) is 12.2. The second kappa shape index (κ2) is 6.00. The number of nitrogens with zero attached hydrogens (tertiary/aromatic N) is 2. The van der Waals surface area contributed by atoms with E-state index in [0.29, 0.717) is 0 Å². The van der Waals surface area contributed by atoms with Gasteiger partial charge in [-0.15, -0.1) is 0 Å². The van der Waals surface area contributed by atoms with E-state index in [1.807, 2.05) is 23.0 Å². The molecule has 0 saturated heterocycles. The Labute approximate surface area is 133 Å². The quantitative estimate of drug-likeness (QED) is 0.757. The molecule has 0 bridgehead atoms. The lowest BCUT2D eigenvalue weighted by Gasteiger charge is -2.18. The molecule has 0 radical (unpaired) electrons. The van der Waals surface area contributed by atoms with Gasteiger partial charge < -0.3 is 5.32 Å². The van der Waals surface area contributed by atoms with Crippen LogP contribution < -0.4 is 5.32 Å². The van der Waals surface area contributed by atoms with Gasteiger partial charge >= 0.3 is 0 Å². The van der Waals surface area contributed by atoms with Crippen molar-refractivity contribution in [3.63, 3.8) is 0 Å². The number of para-hydroxylation sites is 1.